The first-order valence-electron chi connectivity index (χ1n) is 6.23. The Morgan fingerprint density at radius 2 is 1.88 bits per heavy atom. The smallest absolute Gasteiger partial charge is 0.251 e. The fourth-order valence-corrected chi connectivity index (χ4v) is 2.77. The second kappa shape index (κ2) is 5.32. The molecule has 17 heavy (non-hydrogen) atoms. The zero-order valence-corrected chi connectivity index (χ0v) is 10.1. The van der Waals surface area contributed by atoms with Crippen LogP contribution in [0.4, 0.5) is 0 Å². The van der Waals surface area contributed by atoms with Crippen molar-refractivity contribution in [1.82, 2.24) is 5.48 Å². The zero-order chi connectivity index (χ0) is 12.3. The minimum Gasteiger partial charge on any atom is -0.289 e. The van der Waals surface area contributed by atoms with Crippen molar-refractivity contribution in [2.24, 2.45) is 5.92 Å². The van der Waals surface area contributed by atoms with E-state index in [4.69, 9.17) is 5.21 Å². The van der Waals surface area contributed by atoms with Gasteiger partial charge in [0.15, 0.2) is 0 Å². The lowest BCUT2D eigenvalue weighted by atomic mass is 9.84. The van der Waals surface area contributed by atoms with Crippen LogP contribution in [0.1, 0.15) is 42.7 Å². The van der Waals surface area contributed by atoms with E-state index in [0.717, 1.165) is 18.4 Å². The maximum Gasteiger partial charge on any atom is 0.251 e. The summed E-state index contributed by atoms with van der Waals surface area (Å²) in [6.45, 7) is 2.03. The zero-order valence-electron chi connectivity index (χ0n) is 10.1. The average molecular weight is 233 g/mol. The quantitative estimate of drug-likeness (QED) is 0.623. The molecule has 1 aromatic rings. The summed E-state index contributed by atoms with van der Waals surface area (Å²) in [5, 5.41) is 8.88. The van der Waals surface area contributed by atoms with Gasteiger partial charge in [-0.1, -0.05) is 42.7 Å². The first-order chi connectivity index (χ1) is 8.22. The van der Waals surface area contributed by atoms with E-state index in [1.807, 2.05) is 36.7 Å². The van der Waals surface area contributed by atoms with Crippen LogP contribution in [-0.2, 0) is 4.79 Å². The van der Waals surface area contributed by atoms with Crippen molar-refractivity contribution in [2.45, 2.75) is 38.5 Å². The Balaban J connectivity index is 2.25. The molecule has 0 bridgehead atoms. The largest absolute Gasteiger partial charge is 0.289 e. The number of nitrogens with one attached hydrogen (secondary N) is 1. The topological polar surface area (TPSA) is 49.3 Å². The van der Waals surface area contributed by atoms with Gasteiger partial charge in [-0.3, -0.25) is 10.0 Å². The van der Waals surface area contributed by atoms with Gasteiger partial charge in [0.25, 0.3) is 5.91 Å². The molecule has 3 heteroatoms. The molecule has 0 spiro atoms. The number of rotatable bonds is 3. The summed E-state index contributed by atoms with van der Waals surface area (Å²) in [6, 6.07) is 8.02. The summed E-state index contributed by atoms with van der Waals surface area (Å²) in [4.78, 5) is 11.8. The highest BCUT2D eigenvalue weighted by Gasteiger charge is 2.31. The monoisotopic (exact) mass is 233 g/mol. The number of hydrogen-bond acceptors (Lipinski definition) is 2. The number of benzene rings is 1. The Bertz CT molecular complexity index is 380. The molecule has 2 rings (SSSR count). The predicted molar refractivity (Wildman–Crippen MR) is 65.8 cm³/mol. The SMILES string of the molecule is Cc1ccc(C(C(=O)NO)C2CCCC2)cc1. The number of hydrogen-bond donors (Lipinski definition) is 2. The molecule has 0 aromatic heterocycles. The van der Waals surface area contributed by atoms with Crippen LogP contribution in [0.2, 0.25) is 0 Å². The van der Waals surface area contributed by atoms with Crippen LogP contribution < -0.4 is 5.48 Å². The highest BCUT2D eigenvalue weighted by Crippen LogP contribution is 2.37. The van der Waals surface area contributed by atoms with Gasteiger partial charge in [-0.15, -0.1) is 0 Å². The fraction of sp³-hybridized carbons (Fsp3) is 0.500. The minimum absolute atomic E-state index is 0.205. The van der Waals surface area contributed by atoms with Gasteiger partial charge in [0.2, 0.25) is 0 Å². The van der Waals surface area contributed by atoms with Crippen LogP contribution in [0, 0.1) is 12.8 Å². The average Bonchev–Trinajstić information content (AvgIpc) is 2.85. The molecule has 1 amide bonds. The molecule has 92 valence electrons. The van der Waals surface area contributed by atoms with Gasteiger partial charge in [-0.25, -0.2) is 5.48 Å². The molecular weight excluding hydrogens is 214 g/mol. The Morgan fingerprint density at radius 1 is 1.29 bits per heavy atom. The van der Waals surface area contributed by atoms with Crippen molar-refractivity contribution < 1.29 is 10.0 Å². The van der Waals surface area contributed by atoms with E-state index >= 15 is 0 Å². The normalized spacial score (nSPS) is 18.0. The van der Waals surface area contributed by atoms with Crippen molar-refractivity contribution >= 4 is 5.91 Å². The second-order valence-electron chi connectivity index (χ2n) is 4.91. The third kappa shape index (κ3) is 2.67. The number of hydroxylamine groups is 1. The number of carbonyl (C=O) groups is 1. The van der Waals surface area contributed by atoms with E-state index in [2.05, 4.69) is 0 Å². The summed E-state index contributed by atoms with van der Waals surface area (Å²) in [7, 11) is 0. The summed E-state index contributed by atoms with van der Waals surface area (Å²) in [5.41, 5.74) is 4.01. The number of carbonyl (C=O) groups excluding carboxylic acids is 1. The summed E-state index contributed by atoms with van der Waals surface area (Å²) >= 11 is 0. The van der Waals surface area contributed by atoms with Gasteiger partial charge in [0.05, 0.1) is 5.92 Å². The van der Waals surface area contributed by atoms with E-state index in [1.165, 1.54) is 18.4 Å². The molecule has 1 aromatic carbocycles. The van der Waals surface area contributed by atoms with Crippen molar-refractivity contribution in [2.75, 3.05) is 0 Å². The highest BCUT2D eigenvalue weighted by molar-refractivity contribution is 5.83. The molecule has 3 nitrogen and oxygen atoms in total. The molecule has 1 atom stereocenters. The van der Waals surface area contributed by atoms with Crippen LogP contribution in [0.3, 0.4) is 0 Å². The lowest BCUT2D eigenvalue weighted by molar-refractivity contribution is -0.132. The molecule has 0 radical (unpaired) electrons. The van der Waals surface area contributed by atoms with Gasteiger partial charge in [0.1, 0.15) is 0 Å². The first kappa shape index (κ1) is 12.1. The molecule has 1 saturated carbocycles. The fourth-order valence-electron chi connectivity index (χ4n) is 2.77. The summed E-state index contributed by atoms with van der Waals surface area (Å²) < 4.78 is 0. The minimum atomic E-state index is -0.277. The van der Waals surface area contributed by atoms with Crippen molar-refractivity contribution in [3.05, 3.63) is 35.4 Å². The van der Waals surface area contributed by atoms with Crippen molar-refractivity contribution in [3.63, 3.8) is 0 Å². The molecular formula is C14H19NO2. The van der Waals surface area contributed by atoms with E-state index in [9.17, 15) is 4.79 Å². The van der Waals surface area contributed by atoms with E-state index in [0.29, 0.717) is 5.92 Å². The second-order valence-corrected chi connectivity index (χ2v) is 4.91. The van der Waals surface area contributed by atoms with Crippen molar-refractivity contribution in [3.8, 4) is 0 Å². The molecule has 1 aliphatic carbocycles. The highest BCUT2D eigenvalue weighted by atomic mass is 16.5. The molecule has 0 saturated heterocycles. The third-order valence-electron chi connectivity index (χ3n) is 3.70. The van der Waals surface area contributed by atoms with E-state index in [1.54, 1.807) is 0 Å². The van der Waals surface area contributed by atoms with Gasteiger partial charge in [-0.2, -0.15) is 0 Å². The van der Waals surface area contributed by atoms with E-state index < -0.39 is 0 Å². The molecule has 2 N–H and O–H groups in total. The first-order valence-corrected chi connectivity index (χ1v) is 6.23. The van der Waals surface area contributed by atoms with Gasteiger partial charge in [0, 0.05) is 0 Å². The van der Waals surface area contributed by atoms with Crippen LogP contribution in [0.25, 0.3) is 0 Å². The van der Waals surface area contributed by atoms with Crippen LogP contribution in [-0.4, -0.2) is 11.1 Å². The Hall–Kier alpha value is -1.35. The predicted octanol–water partition coefficient (Wildman–Crippen LogP) is 2.77. The molecule has 1 fully saturated rings. The molecule has 0 aliphatic heterocycles. The Morgan fingerprint density at radius 3 is 2.41 bits per heavy atom. The van der Waals surface area contributed by atoms with Crippen LogP contribution in [0.15, 0.2) is 24.3 Å². The van der Waals surface area contributed by atoms with Gasteiger partial charge < -0.3 is 0 Å². The van der Waals surface area contributed by atoms with Crippen LogP contribution >= 0.6 is 0 Å². The lowest BCUT2D eigenvalue weighted by Gasteiger charge is -2.21. The van der Waals surface area contributed by atoms with Gasteiger partial charge >= 0.3 is 0 Å². The van der Waals surface area contributed by atoms with Crippen molar-refractivity contribution in [1.29, 1.82) is 0 Å². The Kier molecular flexibility index (Phi) is 3.79. The summed E-state index contributed by atoms with van der Waals surface area (Å²) in [5.74, 6) is -0.117. The third-order valence-corrected chi connectivity index (χ3v) is 3.70. The molecule has 0 heterocycles. The molecule has 1 aliphatic rings. The van der Waals surface area contributed by atoms with E-state index in [-0.39, 0.29) is 11.8 Å². The number of amides is 1. The Labute approximate surface area is 102 Å². The maximum atomic E-state index is 11.8. The lowest BCUT2D eigenvalue weighted by Crippen LogP contribution is -2.30. The van der Waals surface area contributed by atoms with Gasteiger partial charge in [-0.05, 0) is 31.2 Å². The maximum absolute atomic E-state index is 11.8. The summed E-state index contributed by atoms with van der Waals surface area (Å²) in [6.07, 6.45) is 4.52. The standard InChI is InChI=1S/C14H19NO2/c1-10-6-8-12(9-7-10)13(14(16)15-17)11-4-2-3-5-11/h6-9,11,13,17H,2-5H2,1H3,(H,15,16). The number of aryl methyl sites for hydroxylation is 1. The molecule has 1 unspecified atom stereocenters. The van der Waals surface area contributed by atoms with Crippen LogP contribution in [0.5, 0.6) is 0 Å².